The molecule has 1 amide bonds. The van der Waals surface area contributed by atoms with Gasteiger partial charge in [-0.1, -0.05) is 12.1 Å². The molecule has 144 valence electrons. The maximum absolute atomic E-state index is 13.0. The zero-order chi connectivity index (χ0) is 19.2. The number of carbonyl (C=O) groups is 1. The van der Waals surface area contributed by atoms with Crippen molar-refractivity contribution in [1.29, 1.82) is 0 Å². The Hall–Kier alpha value is -2.67. The van der Waals surface area contributed by atoms with Crippen molar-refractivity contribution in [2.24, 2.45) is 0 Å². The summed E-state index contributed by atoms with van der Waals surface area (Å²) in [5.74, 6) is -0.301. The average molecular weight is 374 g/mol. The van der Waals surface area contributed by atoms with E-state index in [2.05, 4.69) is 0 Å². The van der Waals surface area contributed by atoms with Gasteiger partial charge in [0.2, 0.25) is 11.3 Å². The van der Waals surface area contributed by atoms with Gasteiger partial charge in [0.05, 0.1) is 12.8 Å². The van der Waals surface area contributed by atoms with Crippen LogP contribution in [0.25, 0.3) is 0 Å². The number of halogens is 1. The Balaban J connectivity index is 1.74. The molecule has 1 aromatic heterocycles. The normalized spacial score (nSPS) is 14.2. The van der Waals surface area contributed by atoms with Crippen molar-refractivity contribution in [2.75, 3.05) is 13.1 Å². The third-order valence-electron chi connectivity index (χ3n) is 4.67. The molecule has 1 fully saturated rings. The zero-order valence-corrected chi connectivity index (χ0v) is 15.1. The first-order chi connectivity index (χ1) is 13.1. The van der Waals surface area contributed by atoms with Gasteiger partial charge in [-0.3, -0.25) is 9.59 Å². The van der Waals surface area contributed by atoms with E-state index in [1.807, 2.05) is 4.90 Å². The van der Waals surface area contributed by atoms with E-state index < -0.39 is 0 Å². The van der Waals surface area contributed by atoms with Crippen molar-refractivity contribution >= 4 is 5.91 Å². The van der Waals surface area contributed by atoms with Gasteiger partial charge in [-0.05, 0) is 37.0 Å². The van der Waals surface area contributed by atoms with Crippen molar-refractivity contribution in [1.82, 2.24) is 9.47 Å². The fraction of sp³-hybridized carbons (Fsp3) is 0.400. The first-order valence-corrected chi connectivity index (χ1v) is 9.06. The van der Waals surface area contributed by atoms with Crippen molar-refractivity contribution in [3.05, 3.63) is 63.8 Å². The minimum atomic E-state index is -0.372. The van der Waals surface area contributed by atoms with Crippen LogP contribution in [-0.2, 0) is 24.6 Å². The molecule has 6 nitrogen and oxygen atoms in total. The van der Waals surface area contributed by atoms with Crippen molar-refractivity contribution < 1.29 is 19.0 Å². The van der Waals surface area contributed by atoms with E-state index in [9.17, 15) is 19.1 Å². The molecule has 3 rings (SSSR count). The minimum Gasteiger partial charge on any atom is -0.483 e. The maximum Gasteiger partial charge on any atom is 0.242 e. The number of hydrogen-bond donors (Lipinski definition) is 1. The number of rotatable bonds is 6. The molecule has 1 N–H and O–H groups in total. The van der Waals surface area contributed by atoms with Gasteiger partial charge in [-0.2, -0.15) is 0 Å². The Bertz CT molecular complexity index is 842. The second kappa shape index (κ2) is 8.81. The van der Waals surface area contributed by atoms with Crippen LogP contribution < -0.4 is 10.2 Å². The SMILES string of the molecule is O=C(Cn1cc(OCc2ccc(F)cc2)c(=O)cc1CO)N1CCCCC1. The molecule has 0 radical (unpaired) electrons. The highest BCUT2D eigenvalue weighted by atomic mass is 19.1. The van der Waals surface area contributed by atoms with Crippen LogP contribution in [0.2, 0.25) is 0 Å². The smallest absolute Gasteiger partial charge is 0.242 e. The van der Waals surface area contributed by atoms with Crippen LogP contribution in [0.5, 0.6) is 5.75 Å². The molecule has 0 atom stereocenters. The quantitative estimate of drug-likeness (QED) is 0.840. The Morgan fingerprint density at radius 1 is 1.15 bits per heavy atom. The summed E-state index contributed by atoms with van der Waals surface area (Å²) in [7, 11) is 0. The lowest BCUT2D eigenvalue weighted by Crippen LogP contribution is -2.38. The van der Waals surface area contributed by atoms with Gasteiger partial charge in [0.15, 0.2) is 5.75 Å². The summed E-state index contributed by atoms with van der Waals surface area (Å²) in [5, 5.41) is 9.53. The lowest BCUT2D eigenvalue weighted by Gasteiger charge is -2.27. The summed E-state index contributed by atoms with van der Waals surface area (Å²) in [6, 6.07) is 7.08. The van der Waals surface area contributed by atoms with E-state index in [1.165, 1.54) is 24.4 Å². The molecule has 0 bridgehead atoms. The molecule has 1 aliphatic heterocycles. The van der Waals surface area contributed by atoms with E-state index in [0.29, 0.717) is 5.69 Å². The first kappa shape index (κ1) is 19.1. The second-order valence-electron chi connectivity index (χ2n) is 6.64. The zero-order valence-electron chi connectivity index (χ0n) is 15.1. The number of benzene rings is 1. The first-order valence-electron chi connectivity index (χ1n) is 9.06. The molecule has 1 aliphatic rings. The highest BCUT2D eigenvalue weighted by molar-refractivity contribution is 5.76. The number of aromatic nitrogens is 1. The number of aliphatic hydroxyl groups is 1. The van der Waals surface area contributed by atoms with Crippen molar-refractivity contribution in [3.8, 4) is 5.75 Å². The predicted octanol–water partition coefficient (Wildman–Crippen LogP) is 2.07. The Labute approximate surface area is 156 Å². The monoisotopic (exact) mass is 374 g/mol. The number of piperidine rings is 1. The Morgan fingerprint density at radius 2 is 1.85 bits per heavy atom. The van der Waals surface area contributed by atoms with Crippen molar-refractivity contribution in [2.45, 2.75) is 39.0 Å². The molecule has 1 aromatic carbocycles. The number of nitrogens with zero attached hydrogens (tertiary/aromatic N) is 2. The topological polar surface area (TPSA) is 71.8 Å². The minimum absolute atomic E-state index is 0.0440. The van der Waals surface area contributed by atoms with Crippen LogP contribution in [0.15, 0.2) is 41.3 Å². The number of pyridine rings is 1. The van der Waals surface area contributed by atoms with Crippen molar-refractivity contribution in [3.63, 3.8) is 0 Å². The molecular formula is C20H23FN2O4. The molecule has 0 aliphatic carbocycles. The van der Waals surface area contributed by atoms with Gasteiger partial charge in [-0.15, -0.1) is 0 Å². The summed E-state index contributed by atoms with van der Waals surface area (Å²) in [6.45, 7) is 1.28. The van der Waals surface area contributed by atoms with Gasteiger partial charge >= 0.3 is 0 Å². The summed E-state index contributed by atoms with van der Waals surface area (Å²) in [6.07, 6.45) is 4.58. The average Bonchev–Trinajstić information content (AvgIpc) is 2.69. The largest absolute Gasteiger partial charge is 0.483 e. The summed E-state index contributed by atoms with van der Waals surface area (Å²) >= 11 is 0. The van der Waals surface area contributed by atoms with E-state index in [1.54, 1.807) is 16.7 Å². The molecule has 0 unspecified atom stereocenters. The molecule has 7 heteroatoms. The van der Waals surface area contributed by atoms with Crippen LogP contribution in [0.4, 0.5) is 4.39 Å². The number of carbonyl (C=O) groups excluding carboxylic acids is 1. The molecule has 2 heterocycles. The fourth-order valence-electron chi connectivity index (χ4n) is 3.12. The molecule has 27 heavy (non-hydrogen) atoms. The van der Waals surface area contributed by atoms with Crippen LogP contribution in [0, 0.1) is 5.82 Å². The number of hydrogen-bond acceptors (Lipinski definition) is 4. The number of ether oxygens (including phenoxy) is 1. The summed E-state index contributed by atoms with van der Waals surface area (Å²) in [4.78, 5) is 26.5. The Morgan fingerprint density at radius 3 is 2.52 bits per heavy atom. The molecule has 2 aromatic rings. The molecule has 0 saturated carbocycles. The van der Waals surface area contributed by atoms with E-state index in [4.69, 9.17) is 4.74 Å². The van der Waals surface area contributed by atoms with Crippen LogP contribution >= 0.6 is 0 Å². The van der Waals surface area contributed by atoms with Crippen LogP contribution in [-0.4, -0.2) is 33.6 Å². The predicted molar refractivity (Wildman–Crippen MR) is 97.8 cm³/mol. The lowest BCUT2D eigenvalue weighted by atomic mass is 10.1. The molecular weight excluding hydrogens is 351 g/mol. The second-order valence-corrected chi connectivity index (χ2v) is 6.64. The number of likely N-dealkylation sites (tertiary alicyclic amines) is 1. The highest BCUT2D eigenvalue weighted by Gasteiger charge is 2.18. The van der Waals surface area contributed by atoms with Gasteiger partial charge in [-0.25, -0.2) is 4.39 Å². The maximum atomic E-state index is 13.0. The van der Waals surface area contributed by atoms with Gasteiger partial charge < -0.3 is 19.3 Å². The molecule has 0 spiro atoms. The molecule has 1 saturated heterocycles. The van der Waals surface area contributed by atoms with E-state index in [0.717, 1.165) is 37.9 Å². The van der Waals surface area contributed by atoms with Crippen LogP contribution in [0.1, 0.15) is 30.5 Å². The Kier molecular flexibility index (Phi) is 6.24. The standard InChI is InChI=1S/C20H23FN2O4/c21-16-6-4-15(5-7-16)14-27-19-11-23(17(13-24)10-18(19)25)12-20(26)22-8-2-1-3-9-22/h4-7,10-11,24H,1-3,8-9,12-14H2. The van der Waals surface area contributed by atoms with Gasteiger partial charge in [0.1, 0.15) is 19.0 Å². The third kappa shape index (κ3) is 4.95. The fourth-order valence-corrected chi connectivity index (χ4v) is 3.12. The van der Waals surface area contributed by atoms with E-state index in [-0.39, 0.29) is 42.7 Å². The van der Waals surface area contributed by atoms with Gasteiger partial charge in [0.25, 0.3) is 0 Å². The summed E-state index contributed by atoms with van der Waals surface area (Å²) < 4.78 is 20.1. The summed E-state index contributed by atoms with van der Waals surface area (Å²) in [5.41, 5.74) is 0.709. The number of aliphatic hydroxyl groups excluding tert-OH is 1. The third-order valence-corrected chi connectivity index (χ3v) is 4.67. The van der Waals surface area contributed by atoms with Crippen LogP contribution in [0.3, 0.4) is 0 Å². The van der Waals surface area contributed by atoms with E-state index >= 15 is 0 Å². The number of amides is 1. The van der Waals surface area contributed by atoms with Gasteiger partial charge in [0, 0.05) is 24.8 Å². The highest BCUT2D eigenvalue weighted by Crippen LogP contribution is 2.13. The lowest BCUT2D eigenvalue weighted by molar-refractivity contribution is -0.132.